The number of hydrogen-bond acceptors (Lipinski definition) is 5. The van der Waals surface area contributed by atoms with Gasteiger partial charge in [-0.2, -0.15) is 0 Å². The van der Waals surface area contributed by atoms with Gasteiger partial charge in [0.2, 0.25) is 0 Å². The lowest BCUT2D eigenvalue weighted by Gasteiger charge is -2.22. The molecular formula is C15H19ClN2O2S. The van der Waals surface area contributed by atoms with Crippen LogP contribution in [0.4, 0.5) is 0 Å². The predicted molar refractivity (Wildman–Crippen MR) is 85.1 cm³/mol. The lowest BCUT2D eigenvalue weighted by Crippen LogP contribution is -2.24. The monoisotopic (exact) mass is 326 g/mol. The maximum absolute atomic E-state index is 6.28. The van der Waals surface area contributed by atoms with E-state index in [2.05, 4.69) is 23.8 Å². The van der Waals surface area contributed by atoms with Crippen LogP contribution in [-0.4, -0.2) is 29.3 Å². The highest BCUT2D eigenvalue weighted by atomic mass is 35.5. The zero-order valence-corrected chi connectivity index (χ0v) is 13.9. The van der Waals surface area contributed by atoms with Crippen molar-refractivity contribution in [2.24, 2.45) is 0 Å². The molecule has 2 aromatic heterocycles. The number of rotatable bonds is 4. The van der Waals surface area contributed by atoms with Gasteiger partial charge in [0.05, 0.1) is 18.1 Å². The summed E-state index contributed by atoms with van der Waals surface area (Å²) in [5.41, 5.74) is 1.17. The van der Waals surface area contributed by atoms with E-state index in [0.29, 0.717) is 24.2 Å². The summed E-state index contributed by atoms with van der Waals surface area (Å²) in [5, 5.41) is 1.49. The molecule has 3 heterocycles. The first-order chi connectivity index (χ1) is 10.1. The van der Waals surface area contributed by atoms with Gasteiger partial charge in [-0.15, -0.1) is 11.3 Å². The van der Waals surface area contributed by atoms with Gasteiger partial charge in [-0.1, -0.05) is 11.6 Å². The lowest BCUT2D eigenvalue weighted by atomic mass is 10.1. The number of thiophene rings is 1. The number of halogens is 1. The van der Waals surface area contributed by atoms with Crippen LogP contribution in [0.25, 0.3) is 10.2 Å². The molecule has 1 aliphatic rings. The van der Waals surface area contributed by atoms with Gasteiger partial charge in [-0.3, -0.25) is 0 Å². The molecule has 0 spiro atoms. The normalized spacial score (nSPS) is 19.3. The van der Waals surface area contributed by atoms with Crippen molar-refractivity contribution in [3.05, 3.63) is 21.4 Å². The lowest BCUT2D eigenvalue weighted by molar-refractivity contribution is -0.0457. The second-order valence-electron chi connectivity index (χ2n) is 5.40. The topological polar surface area (TPSA) is 44.2 Å². The van der Waals surface area contributed by atoms with Crippen molar-refractivity contribution >= 4 is 33.2 Å². The fourth-order valence-corrected chi connectivity index (χ4v) is 3.96. The van der Waals surface area contributed by atoms with Gasteiger partial charge < -0.3 is 9.47 Å². The van der Waals surface area contributed by atoms with E-state index in [1.807, 2.05) is 0 Å². The Bertz CT molecular complexity index is 638. The van der Waals surface area contributed by atoms with E-state index in [-0.39, 0.29) is 6.10 Å². The molecule has 21 heavy (non-hydrogen) atoms. The molecule has 0 amide bonds. The van der Waals surface area contributed by atoms with Gasteiger partial charge in [0.25, 0.3) is 0 Å². The first kappa shape index (κ1) is 15.2. The van der Waals surface area contributed by atoms with E-state index >= 15 is 0 Å². The average molecular weight is 327 g/mol. The van der Waals surface area contributed by atoms with Crippen LogP contribution < -0.4 is 0 Å². The average Bonchev–Trinajstić information content (AvgIpc) is 2.75. The summed E-state index contributed by atoms with van der Waals surface area (Å²) in [4.78, 5) is 11.1. The van der Waals surface area contributed by atoms with Crippen LogP contribution in [0.1, 0.15) is 35.5 Å². The fourth-order valence-electron chi connectivity index (χ4n) is 2.53. The van der Waals surface area contributed by atoms with E-state index in [0.717, 1.165) is 29.7 Å². The quantitative estimate of drug-likeness (QED) is 0.795. The summed E-state index contributed by atoms with van der Waals surface area (Å²) in [6, 6.07) is 0. The summed E-state index contributed by atoms with van der Waals surface area (Å²) in [5.74, 6) is 0.643. The van der Waals surface area contributed by atoms with Crippen LogP contribution in [0, 0.1) is 13.8 Å². The number of aromatic nitrogens is 2. The van der Waals surface area contributed by atoms with Crippen molar-refractivity contribution in [1.29, 1.82) is 0 Å². The Balaban J connectivity index is 1.67. The van der Waals surface area contributed by atoms with Crippen LogP contribution >= 0.6 is 22.9 Å². The molecule has 0 bridgehead atoms. The van der Waals surface area contributed by atoms with Gasteiger partial charge in [0.15, 0.2) is 5.82 Å². The molecular weight excluding hydrogens is 308 g/mol. The number of ether oxygens (including phenoxy) is 2. The van der Waals surface area contributed by atoms with Crippen LogP contribution in [0.2, 0.25) is 5.15 Å². The van der Waals surface area contributed by atoms with Gasteiger partial charge in [-0.05, 0) is 38.7 Å². The third-order valence-corrected chi connectivity index (χ3v) is 5.21. The largest absolute Gasteiger partial charge is 0.376 e. The predicted octanol–water partition coefficient (Wildman–Crippen LogP) is 4.05. The molecule has 0 aliphatic carbocycles. The summed E-state index contributed by atoms with van der Waals surface area (Å²) in [7, 11) is 0. The maximum atomic E-state index is 6.28. The second-order valence-corrected chi connectivity index (χ2v) is 6.96. The minimum Gasteiger partial charge on any atom is -0.376 e. The Morgan fingerprint density at radius 3 is 2.95 bits per heavy atom. The van der Waals surface area contributed by atoms with Crippen molar-refractivity contribution in [1.82, 2.24) is 9.97 Å². The van der Waals surface area contributed by atoms with Crippen molar-refractivity contribution < 1.29 is 9.47 Å². The Labute approximate surface area is 133 Å². The Morgan fingerprint density at radius 1 is 1.33 bits per heavy atom. The summed E-state index contributed by atoms with van der Waals surface area (Å²) in [6.45, 7) is 5.96. The van der Waals surface area contributed by atoms with Crippen molar-refractivity contribution in [3.8, 4) is 0 Å². The summed E-state index contributed by atoms with van der Waals surface area (Å²) < 4.78 is 11.3. The van der Waals surface area contributed by atoms with Crippen molar-refractivity contribution in [2.45, 2.75) is 45.8 Å². The smallest absolute Gasteiger partial charge is 0.157 e. The van der Waals surface area contributed by atoms with E-state index in [4.69, 9.17) is 21.1 Å². The molecule has 3 rings (SSSR count). The Hall–Kier alpha value is -0.750. The Kier molecular flexibility index (Phi) is 4.74. The van der Waals surface area contributed by atoms with Crippen LogP contribution in [0.15, 0.2) is 0 Å². The number of fused-ring (bicyclic) bond motifs is 1. The third-order valence-electron chi connectivity index (χ3n) is 3.84. The molecule has 0 radical (unpaired) electrons. The molecule has 0 aromatic carbocycles. The van der Waals surface area contributed by atoms with Crippen LogP contribution in [0.3, 0.4) is 0 Å². The van der Waals surface area contributed by atoms with Gasteiger partial charge >= 0.3 is 0 Å². The van der Waals surface area contributed by atoms with E-state index in [9.17, 15) is 0 Å². The molecule has 6 heteroatoms. The van der Waals surface area contributed by atoms with Crippen LogP contribution in [0.5, 0.6) is 0 Å². The minimum absolute atomic E-state index is 0.212. The van der Waals surface area contributed by atoms with Gasteiger partial charge in [0.1, 0.15) is 16.6 Å². The van der Waals surface area contributed by atoms with Crippen LogP contribution in [-0.2, 0) is 16.1 Å². The summed E-state index contributed by atoms with van der Waals surface area (Å²) >= 11 is 7.94. The van der Waals surface area contributed by atoms with E-state index in [1.54, 1.807) is 11.3 Å². The fraction of sp³-hybridized carbons (Fsp3) is 0.600. The minimum atomic E-state index is 0.212. The molecule has 0 N–H and O–H groups in total. The van der Waals surface area contributed by atoms with E-state index in [1.165, 1.54) is 16.9 Å². The standard InChI is InChI=1S/C15H19ClN2O2S/c1-9-10(2)21-15-13(9)14(16)17-12(18-15)8-19-7-11-5-3-4-6-20-11/h11H,3-8H2,1-2H3. The van der Waals surface area contributed by atoms with E-state index < -0.39 is 0 Å². The molecule has 114 valence electrons. The molecule has 1 fully saturated rings. The zero-order valence-electron chi connectivity index (χ0n) is 12.3. The first-order valence-corrected chi connectivity index (χ1v) is 8.46. The molecule has 0 saturated carbocycles. The molecule has 1 aliphatic heterocycles. The molecule has 2 aromatic rings. The molecule has 4 nitrogen and oxygen atoms in total. The SMILES string of the molecule is Cc1sc2nc(COCC3CCCCO3)nc(Cl)c2c1C. The molecule has 1 atom stereocenters. The maximum Gasteiger partial charge on any atom is 0.157 e. The van der Waals surface area contributed by atoms with Crippen molar-refractivity contribution in [2.75, 3.05) is 13.2 Å². The summed E-state index contributed by atoms with van der Waals surface area (Å²) in [6.07, 6.45) is 3.66. The Morgan fingerprint density at radius 2 is 2.19 bits per heavy atom. The first-order valence-electron chi connectivity index (χ1n) is 7.26. The highest BCUT2D eigenvalue weighted by Gasteiger charge is 2.16. The number of hydrogen-bond donors (Lipinski definition) is 0. The third kappa shape index (κ3) is 3.37. The van der Waals surface area contributed by atoms with Gasteiger partial charge in [-0.25, -0.2) is 9.97 Å². The zero-order chi connectivity index (χ0) is 14.8. The highest BCUT2D eigenvalue weighted by Crippen LogP contribution is 2.32. The second kappa shape index (κ2) is 6.57. The van der Waals surface area contributed by atoms with Crippen molar-refractivity contribution in [3.63, 3.8) is 0 Å². The highest BCUT2D eigenvalue weighted by molar-refractivity contribution is 7.18. The molecule has 1 saturated heterocycles. The number of nitrogens with zero attached hydrogens (tertiary/aromatic N) is 2. The van der Waals surface area contributed by atoms with Gasteiger partial charge in [0, 0.05) is 11.5 Å². The number of aryl methyl sites for hydroxylation is 2. The molecule has 1 unspecified atom stereocenters.